The molecule has 1 aromatic heterocycles. The zero-order chi connectivity index (χ0) is 31.3. The third kappa shape index (κ3) is 6.94. The molecule has 0 unspecified atom stereocenters. The van der Waals surface area contributed by atoms with Crippen LogP contribution in [0.1, 0.15) is 16.7 Å². The van der Waals surface area contributed by atoms with Gasteiger partial charge in [0, 0.05) is 60.6 Å². The van der Waals surface area contributed by atoms with Crippen molar-refractivity contribution < 1.29 is 9.53 Å². The van der Waals surface area contributed by atoms with Crippen molar-refractivity contribution in [1.29, 1.82) is 0 Å². The largest absolute Gasteiger partial charge is 0.489 e. The van der Waals surface area contributed by atoms with Gasteiger partial charge in [0.2, 0.25) is 0 Å². The monoisotopic (exact) mass is 645 g/mol. The predicted octanol–water partition coefficient (Wildman–Crippen LogP) is 7.56. The molecule has 0 saturated carbocycles. The number of amidine groups is 1. The smallest absolute Gasteiger partial charge is 0.286 e. The number of halogens is 1. The van der Waals surface area contributed by atoms with Gasteiger partial charge in [0.05, 0.1) is 10.6 Å². The quantitative estimate of drug-likeness (QED) is 0.162. The highest BCUT2D eigenvalue weighted by atomic mass is 35.5. The number of thioether (sulfide) groups is 1. The molecule has 0 N–H and O–H groups in total. The summed E-state index contributed by atoms with van der Waals surface area (Å²) >= 11 is 7.78. The first-order chi connectivity index (χ1) is 22.6. The molecule has 0 atom stereocenters. The van der Waals surface area contributed by atoms with Gasteiger partial charge in [-0.3, -0.25) is 9.69 Å². The zero-order valence-electron chi connectivity index (χ0n) is 25.1. The number of aliphatic imine (C=N–C) groups is 1. The average molecular weight is 646 g/mol. The number of ether oxygens (including phenoxy) is 1. The van der Waals surface area contributed by atoms with Crippen LogP contribution in [0.5, 0.6) is 5.75 Å². The van der Waals surface area contributed by atoms with Crippen LogP contribution in [0.3, 0.4) is 0 Å². The summed E-state index contributed by atoms with van der Waals surface area (Å²) in [5.74, 6) is 0.482. The van der Waals surface area contributed by atoms with Crippen LogP contribution in [0.25, 0.3) is 23.0 Å². The Hall–Kier alpha value is -4.63. The van der Waals surface area contributed by atoms with Gasteiger partial charge < -0.3 is 9.64 Å². The molecule has 0 aliphatic carbocycles. The van der Waals surface area contributed by atoms with Gasteiger partial charge in [-0.1, -0.05) is 90.5 Å². The maximum Gasteiger partial charge on any atom is 0.286 e. The molecule has 0 spiro atoms. The number of carbonyl (C=O) groups excluding carboxylic acids is 1. The number of nitrogens with zero attached hydrogens (tertiary/aromatic N) is 5. The summed E-state index contributed by atoms with van der Waals surface area (Å²) in [7, 11) is 0. The Morgan fingerprint density at radius 1 is 0.848 bits per heavy atom. The van der Waals surface area contributed by atoms with Crippen LogP contribution in [-0.2, 0) is 17.9 Å². The number of benzene rings is 4. The van der Waals surface area contributed by atoms with Crippen LogP contribution < -0.4 is 4.74 Å². The summed E-state index contributed by atoms with van der Waals surface area (Å²) < 4.78 is 7.96. The fourth-order valence-corrected chi connectivity index (χ4v) is 6.70. The summed E-state index contributed by atoms with van der Waals surface area (Å²) in [6.07, 6.45) is 3.87. The lowest BCUT2D eigenvalue weighted by atomic mass is 10.1. The molecule has 7 nitrogen and oxygen atoms in total. The van der Waals surface area contributed by atoms with Crippen molar-refractivity contribution in [3.63, 3.8) is 0 Å². The summed E-state index contributed by atoms with van der Waals surface area (Å²) in [4.78, 5) is 22.9. The Morgan fingerprint density at radius 3 is 2.37 bits per heavy atom. The van der Waals surface area contributed by atoms with Gasteiger partial charge in [0.15, 0.2) is 5.17 Å². The van der Waals surface area contributed by atoms with E-state index >= 15 is 0 Å². The van der Waals surface area contributed by atoms with E-state index in [2.05, 4.69) is 39.1 Å². The van der Waals surface area contributed by atoms with E-state index in [4.69, 9.17) is 21.4 Å². The molecule has 1 fully saturated rings. The van der Waals surface area contributed by atoms with Crippen molar-refractivity contribution in [2.24, 2.45) is 4.99 Å². The fraction of sp³-hybridized carbons (Fsp3) is 0.162. The van der Waals surface area contributed by atoms with Crippen LogP contribution in [0.15, 0.2) is 125 Å². The minimum absolute atomic E-state index is 0.220. The lowest BCUT2D eigenvalue weighted by Gasteiger charge is -2.35. The second kappa shape index (κ2) is 13.8. The van der Waals surface area contributed by atoms with Gasteiger partial charge in [0.1, 0.15) is 18.1 Å². The molecule has 2 aliphatic heterocycles. The van der Waals surface area contributed by atoms with Gasteiger partial charge in [-0.25, -0.2) is 4.68 Å². The molecule has 4 aromatic carbocycles. The first kappa shape index (κ1) is 30.0. The summed E-state index contributed by atoms with van der Waals surface area (Å²) in [5, 5.41) is 6.40. The lowest BCUT2D eigenvalue weighted by Crippen LogP contribution is -2.47. The molecule has 1 saturated heterocycles. The zero-order valence-corrected chi connectivity index (χ0v) is 26.7. The minimum Gasteiger partial charge on any atom is -0.489 e. The van der Waals surface area contributed by atoms with Crippen LogP contribution in [-0.4, -0.2) is 56.8 Å². The average Bonchev–Trinajstić information content (AvgIpc) is 3.69. The Morgan fingerprint density at radius 2 is 1.59 bits per heavy atom. The van der Waals surface area contributed by atoms with E-state index in [9.17, 15) is 4.79 Å². The molecule has 46 heavy (non-hydrogen) atoms. The number of amides is 1. The Balaban J connectivity index is 1.10. The van der Waals surface area contributed by atoms with E-state index in [-0.39, 0.29) is 5.91 Å². The highest BCUT2D eigenvalue weighted by Crippen LogP contribution is 2.34. The molecule has 0 radical (unpaired) electrons. The fourth-order valence-electron chi connectivity index (χ4n) is 5.55. The van der Waals surface area contributed by atoms with Crippen molar-refractivity contribution in [1.82, 2.24) is 19.6 Å². The van der Waals surface area contributed by atoms with Crippen molar-refractivity contribution in [2.45, 2.75) is 13.2 Å². The van der Waals surface area contributed by atoms with Gasteiger partial charge in [0.25, 0.3) is 5.91 Å². The standard InChI is InChI=1S/C37H32ClN5O2S/c38-33-17-8-7-12-29(33)26-45-32-16-9-13-28(22-32)35-30(25-43(40-35)31-14-5-2-6-15-31)23-34-36(44)39-37(46-34)42-20-18-41(19-21-42)24-27-10-3-1-4-11-27/h1-17,22-23,25H,18-21,24,26H2. The van der Waals surface area contributed by atoms with Gasteiger partial charge in [-0.2, -0.15) is 10.1 Å². The number of carbonyl (C=O) groups is 1. The summed E-state index contributed by atoms with van der Waals surface area (Å²) in [6, 6.07) is 36.0. The topological polar surface area (TPSA) is 63.0 Å². The maximum absolute atomic E-state index is 13.2. The van der Waals surface area contributed by atoms with Crippen LogP contribution >= 0.6 is 23.4 Å². The van der Waals surface area contributed by atoms with Crippen LogP contribution in [0.2, 0.25) is 5.02 Å². The predicted molar refractivity (Wildman–Crippen MR) is 186 cm³/mol. The van der Waals surface area contributed by atoms with Crippen LogP contribution in [0.4, 0.5) is 0 Å². The molecule has 5 aromatic rings. The van der Waals surface area contributed by atoms with E-state index < -0.39 is 0 Å². The number of para-hydroxylation sites is 1. The molecular formula is C37H32ClN5O2S. The van der Waals surface area contributed by atoms with Gasteiger partial charge in [-0.15, -0.1) is 0 Å². The molecule has 2 aliphatic rings. The summed E-state index contributed by atoms with van der Waals surface area (Å²) in [5.41, 5.74) is 5.61. The second-order valence-corrected chi connectivity index (χ2v) is 12.6. The molecule has 3 heterocycles. The molecule has 230 valence electrons. The van der Waals surface area contributed by atoms with E-state index in [1.54, 1.807) is 0 Å². The number of hydrogen-bond acceptors (Lipinski definition) is 6. The first-order valence-electron chi connectivity index (χ1n) is 15.2. The van der Waals surface area contributed by atoms with Gasteiger partial charge in [-0.05, 0) is 53.7 Å². The number of piperazine rings is 1. The number of aromatic nitrogens is 2. The van der Waals surface area contributed by atoms with Crippen molar-refractivity contribution in [3.8, 4) is 22.7 Å². The SMILES string of the molecule is O=C1N=C(N2CCN(Cc3ccccc3)CC2)SC1=Cc1cn(-c2ccccc2)nc1-c1cccc(OCc2ccccc2Cl)c1. The third-order valence-corrected chi connectivity index (χ3v) is 9.42. The van der Waals surface area contributed by atoms with E-state index in [1.165, 1.54) is 17.3 Å². The Kier molecular flexibility index (Phi) is 9.01. The van der Waals surface area contributed by atoms with Crippen molar-refractivity contribution in [3.05, 3.63) is 142 Å². The molecule has 1 amide bonds. The molecule has 7 rings (SSSR count). The van der Waals surface area contributed by atoms with Gasteiger partial charge >= 0.3 is 0 Å². The second-order valence-electron chi connectivity index (χ2n) is 11.2. The van der Waals surface area contributed by atoms with E-state index in [1.807, 2.05) is 102 Å². The number of hydrogen-bond donors (Lipinski definition) is 0. The number of rotatable bonds is 8. The lowest BCUT2D eigenvalue weighted by molar-refractivity contribution is -0.113. The Bertz CT molecular complexity index is 1900. The maximum atomic E-state index is 13.2. The van der Waals surface area contributed by atoms with E-state index in [0.29, 0.717) is 22.3 Å². The van der Waals surface area contributed by atoms with Crippen molar-refractivity contribution in [2.75, 3.05) is 26.2 Å². The summed E-state index contributed by atoms with van der Waals surface area (Å²) in [6.45, 7) is 4.78. The highest BCUT2D eigenvalue weighted by molar-refractivity contribution is 8.18. The third-order valence-electron chi connectivity index (χ3n) is 8.01. The molecule has 0 bridgehead atoms. The normalized spacial score (nSPS) is 16.2. The first-order valence-corrected chi connectivity index (χ1v) is 16.4. The van der Waals surface area contributed by atoms with Crippen LogP contribution in [0, 0.1) is 0 Å². The van der Waals surface area contributed by atoms with E-state index in [0.717, 1.165) is 66.0 Å². The van der Waals surface area contributed by atoms with Crippen molar-refractivity contribution >= 4 is 40.5 Å². The Labute approximate surface area is 277 Å². The highest BCUT2D eigenvalue weighted by Gasteiger charge is 2.29. The molecular weight excluding hydrogens is 614 g/mol. The minimum atomic E-state index is -0.220. The molecule has 9 heteroatoms.